The zero-order chi connectivity index (χ0) is 18.4. The predicted molar refractivity (Wildman–Crippen MR) is 106 cm³/mol. The summed E-state index contributed by atoms with van der Waals surface area (Å²) in [6.07, 6.45) is 8.19. The molecule has 2 aromatic rings. The molecule has 0 radical (unpaired) electrons. The fourth-order valence-electron chi connectivity index (χ4n) is 3.83. The molecule has 1 fully saturated rings. The smallest absolute Gasteiger partial charge is 0.251 e. The molecule has 1 N–H and O–H groups in total. The molecule has 4 heteroatoms. The maximum atomic E-state index is 12.6. The van der Waals surface area contributed by atoms with Crippen LogP contribution in [0.1, 0.15) is 60.3 Å². The first-order chi connectivity index (χ1) is 12.7. The summed E-state index contributed by atoms with van der Waals surface area (Å²) in [6.45, 7) is 4.99. The molecule has 0 bridgehead atoms. The third kappa shape index (κ3) is 4.55. The zero-order valence-corrected chi connectivity index (χ0v) is 16.1. The van der Waals surface area contributed by atoms with Gasteiger partial charge in [0.1, 0.15) is 0 Å². The lowest BCUT2D eigenvalue weighted by atomic mass is 10.1. The van der Waals surface area contributed by atoms with Crippen LogP contribution in [0.4, 0.5) is 0 Å². The Balaban J connectivity index is 1.70. The summed E-state index contributed by atoms with van der Waals surface area (Å²) in [7, 11) is 2.09. The largest absolute Gasteiger partial charge is 0.353 e. The number of carbonyl (C=O) groups is 1. The molecule has 26 heavy (non-hydrogen) atoms. The first kappa shape index (κ1) is 18.7. The van der Waals surface area contributed by atoms with Crippen molar-refractivity contribution in [3.63, 3.8) is 0 Å². The van der Waals surface area contributed by atoms with Crippen LogP contribution in [0.25, 0.3) is 0 Å². The van der Waals surface area contributed by atoms with E-state index in [4.69, 9.17) is 0 Å². The molecule has 4 nitrogen and oxygen atoms in total. The summed E-state index contributed by atoms with van der Waals surface area (Å²) in [6, 6.07) is 12.4. The molecule has 1 aliphatic rings. The van der Waals surface area contributed by atoms with Gasteiger partial charge in [-0.2, -0.15) is 0 Å². The van der Waals surface area contributed by atoms with E-state index in [1.807, 2.05) is 24.3 Å². The van der Waals surface area contributed by atoms with Gasteiger partial charge in [-0.1, -0.05) is 31.9 Å². The van der Waals surface area contributed by atoms with E-state index in [0.29, 0.717) is 6.54 Å². The molecule has 1 unspecified atom stereocenters. The number of likely N-dealkylation sites (tertiary alicyclic amines) is 1. The first-order valence-corrected chi connectivity index (χ1v) is 9.91. The number of benzene rings is 1. The molecule has 2 heterocycles. The van der Waals surface area contributed by atoms with E-state index >= 15 is 0 Å². The van der Waals surface area contributed by atoms with Crippen molar-refractivity contribution < 1.29 is 4.79 Å². The average molecular weight is 354 g/mol. The van der Waals surface area contributed by atoms with Crippen LogP contribution in [-0.4, -0.2) is 35.0 Å². The van der Waals surface area contributed by atoms with Crippen LogP contribution in [0.15, 0.2) is 42.6 Å². The topological polar surface area (TPSA) is 37.3 Å². The zero-order valence-electron chi connectivity index (χ0n) is 16.1. The van der Waals surface area contributed by atoms with Crippen molar-refractivity contribution in [3.8, 4) is 0 Å². The number of carbonyl (C=O) groups excluding carboxylic acids is 1. The van der Waals surface area contributed by atoms with Crippen LogP contribution in [0, 0.1) is 0 Å². The normalized spacial score (nSPS) is 16.8. The highest BCUT2D eigenvalue weighted by atomic mass is 16.1. The van der Waals surface area contributed by atoms with Crippen molar-refractivity contribution in [1.82, 2.24) is 14.8 Å². The average Bonchev–Trinajstić information content (AvgIpc) is 2.92. The fraction of sp³-hybridized carbons (Fsp3) is 0.500. The van der Waals surface area contributed by atoms with Gasteiger partial charge in [0, 0.05) is 31.0 Å². The maximum Gasteiger partial charge on any atom is 0.251 e. The van der Waals surface area contributed by atoms with Gasteiger partial charge in [-0.3, -0.25) is 9.69 Å². The predicted octanol–water partition coefficient (Wildman–Crippen LogP) is 3.93. The fourth-order valence-corrected chi connectivity index (χ4v) is 3.83. The number of hydrogen-bond acceptors (Lipinski definition) is 2. The molecule has 3 rings (SSSR count). The van der Waals surface area contributed by atoms with E-state index in [1.54, 1.807) is 0 Å². The summed E-state index contributed by atoms with van der Waals surface area (Å²) in [5.74, 6) is 0.0154. The Kier molecular flexibility index (Phi) is 6.51. The summed E-state index contributed by atoms with van der Waals surface area (Å²) >= 11 is 0. The molecule has 1 amide bonds. The number of hydrogen-bond donors (Lipinski definition) is 1. The number of amides is 1. The highest BCUT2D eigenvalue weighted by Crippen LogP contribution is 2.24. The van der Waals surface area contributed by atoms with E-state index in [1.165, 1.54) is 36.9 Å². The highest BCUT2D eigenvalue weighted by Gasteiger charge is 2.24. The van der Waals surface area contributed by atoms with Crippen molar-refractivity contribution in [2.45, 2.75) is 45.1 Å². The van der Waals surface area contributed by atoms with Gasteiger partial charge in [0.15, 0.2) is 0 Å². The molecule has 0 spiro atoms. The van der Waals surface area contributed by atoms with Gasteiger partial charge in [0.25, 0.3) is 5.91 Å². The minimum atomic E-state index is 0.0154. The van der Waals surface area contributed by atoms with Crippen LogP contribution in [0.3, 0.4) is 0 Å². The molecule has 1 aromatic heterocycles. The Hall–Kier alpha value is -2.07. The van der Waals surface area contributed by atoms with Gasteiger partial charge < -0.3 is 9.88 Å². The van der Waals surface area contributed by atoms with Gasteiger partial charge in [-0.25, -0.2) is 0 Å². The van der Waals surface area contributed by atoms with Crippen molar-refractivity contribution in [1.29, 1.82) is 0 Å². The third-order valence-electron chi connectivity index (χ3n) is 5.49. The van der Waals surface area contributed by atoms with Crippen LogP contribution in [0.5, 0.6) is 0 Å². The Morgan fingerprint density at radius 1 is 1.08 bits per heavy atom. The van der Waals surface area contributed by atoms with Crippen LogP contribution in [-0.2, 0) is 13.5 Å². The Morgan fingerprint density at radius 2 is 1.77 bits per heavy atom. The molecule has 1 saturated heterocycles. The van der Waals surface area contributed by atoms with E-state index in [9.17, 15) is 4.79 Å². The summed E-state index contributed by atoms with van der Waals surface area (Å²) in [5.41, 5.74) is 3.27. The monoisotopic (exact) mass is 353 g/mol. The molecular formula is C22H31N3O. The van der Waals surface area contributed by atoms with Crippen molar-refractivity contribution in [2.75, 3.05) is 19.6 Å². The molecule has 0 aliphatic carbocycles. The SMILES string of the molecule is CCc1ccc(C(=O)NCC(c2cccn2C)N2CCCCCC2)cc1. The Morgan fingerprint density at radius 3 is 2.35 bits per heavy atom. The highest BCUT2D eigenvalue weighted by molar-refractivity contribution is 5.94. The van der Waals surface area contributed by atoms with E-state index in [2.05, 4.69) is 47.1 Å². The minimum absolute atomic E-state index is 0.0154. The van der Waals surface area contributed by atoms with Crippen molar-refractivity contribution in [3.05, 3.63) is 59.4 Å². The first-order valence-electron chi connectivity index (χ1n) is 9.91. The number of aryl methyl sites for hydroxylation is 2. The summed E-state index contributed by atoms with van der Waals surface area (Å²) < 4.78 is 2.18. The maximum absolute atomic E-state index is 12.6. The summed E-state index contributed by atoms with van der Waals surface area (Å²) in [5, 5.41) is 3.18. The van der Waals surface area contributed by atoms with Crippen LogP contribution < -0.4 is 5.32 Å². The van der Waals surface area contributed by atoms with Gasteiger partial charge >= 0.3 is 0 Å². The Bertz CT molecular complexity index is 696. The number of rotatable bonds is 6. The van der Waals surface area contributed by atoms with Gasteiger partial charge in [-0.05, 0) is 62.2 Å². The van der Waals surface area contributed by atoms with Crippen LogP contribution >= 0.6 is 0 Å². The summed E-state index contributed by atoms with van der Waals surface area (Å²) in [4.78, 5) is 15.2. The van der Waals surface area contributed by atoms with E-state index < -0.39 is 0 Å². The minimum Gasteiger partial charge on any atom is -0.353 e. The lowest BCUT2D eigenvalue weighted by Crippen LogP contribution is -2.39. The second-order valence-corrected chi connectivity index (χ2v) is 7.27. The quantitative estimate of drug-likeness (QED) is 0.854. The van der Waals surface area contributed by atoms with Gasteiger partial charge in [0.2, 0.25) is 0 Å². The molecule has 1 aromatic carbocycles. The van der Waals surface area contributed by atoms with E-state index in [0.717, 1.165) is 25.1 Å². The molecule has 1 aliphatic heterocycles. The molecule has 1 atom stereocenters. The second kappa shape index (κ2) is 9.04. The number of aromatic nitrogens is 1. The van der Waals surface area contributed by atoms with E-state index in [-0.39, 0.29) is 11.9 Å². The molecule has 140 valence electrons. The lowest BCUT2D eigenvalue weighted by Gasteiger charge is -2.31. The number of nitrogens with one attached hydrogen (secondary N) is 1. The van der Waals surface area contributed by atoms with Crippen molar-refractivity contribution in [2.24, 2.45) is 7.05 Å². The molecular weight excluding hydrogens is 322 g/mol. The standard InChI is InChI=1S/C22H31N3O/c1-3-18-10-12-19(13-11-18)22(26)23-17-21(20-9-8-14-24(20)2)25-15-6-4-5-7-16-25/h8-14,21H,3-7,15-17H2,1-2H3,(H,23,26). The second-order valence-electron chi connectivity index (χ2n) is 7.27. The van der Waals surface area contributed by atoms with Crippen molar-refractivity contribution >= 4 is 5.91 Å². The Labute approximate surface area is 157 Å². The van der Waals surface area contributed by atoms with Gasteiger partial charge in [-0.15, -0.1) is 0 Å². The number of nitrogens with zero attached hydrogens (tertiary/aromatic N) is 2. The molecule has 0 saturated carbocycles. The third-order valence-corrected chi connectivity index (χ3v) is 5.49. The lowest BCUT2D eigenvalue weighted by molar-refractivity contribution is 0.0931. The van der Waals surface area contributed by atoms with Gasteiger partial charge in [0.05, 0.1) is 6.04 Å². The van der Waals surface area contributed by atoms with Crippen LogP contribution in [0.2, 0.25) is 0 Å².